The summed E-state index contributed by atoms with van der Waals surface area (Å²) >= 11 is 0. The van der Waals surface area contributed by atoms with E-state index in [0.29, 0.717) is 218 Å². The van der Waals surface area contributed by atoms with E-state index in [4.69, 9.17) is 85.8 Å². The molecule has 0 atom stereocenters. The minimum absolute atomic E-state index is 0.147. The average molecular weight is 993 g/mol. The first-order chi connectivity index (χ1) is 33.9. The van der Waals surface area contributed by atoms with E-state index in [0.717, 1.165) is 13.0 Å². The second kappa shape index (κ2) is 66.2. The summed E-state index contributed by atoms with van der Waals surface area (Å²) in [6.45, 7) is 19.9. The van der Waals surface area contributed by atoms with Crippen LogP contribution in [0.2, 0.25) is 0 Å². The van der Waals surface area contributed by atoms with E-state index in [1.807, 2.05) is 0 Å². The van der Waals surface area contributed by atoms with E-state index in [1.165, 1.54) is 77.0 Å². The monoisotopic (exact) mass is 993 g/mol. The van der Waals surface area contributed by atoms with Gasteiger partial charge in [-0.2, -0.15) is 0 Å². The van der Waals surface area contributed by atoms with Crippen LogP contribution < -0.4 is 0 Å². The highest BCUT2D eigenvalue weighted by atomic mass is 17.1. The molecule has 0 aliphatic heterocycles. The molecule has 1 N–H and O–H groups in total. The zero-order chi connectivity index (χ0) is 48.7. The van der Waals surface area contributed by atoms with E-state index in [-0.39, 0.29) is 6.61 Å². The lowest BCUT2D eigenvalue weighted by atomic mass is 10.0. The lowest BCUT2D eigenvalue weighted by Crippen LogP contribution is -2.16. The molecule has 0 fully saturated rings. The van der Waals surface area contributed by atoms with Crippen LogP contribution in [-0.4, -0.2) is 236 Å². The van der Waals surface area contributed by atoms with Crippen molar-refractivity contribution in [1.82, 2.24) is 0 Å². The lowest BCUT2D eigenvalue weighted by molar-refractivity contribution is -0.249. The molecule has 0 aromatic rings. The number of rotatable bonds is 65. The predicted molar refractivity (Wildman–Crippen MR) is 258 cm³/mol. The van der Waals surface area contributed by atoms with Crippen LogP contribution in [0, 0.1) is 0 Å². The first kappa shape index (κ1) is 67.2. The van der Waals surface area contributed by atoms with Crippen LogP contribution >= 0.6 is 0 Å². The molecule has 0 radical (unpaired) electrons. The number of ether oxygens (including phenoxy) is 17. The maximum Gasteiger partial charge on any atom is 0.105 e. The zero-order valence-corrected chi connectivity index (χ0v) is 42.7. The largest absolute Gasteiger partial charge is 0.379 e. The normalized spacial score (nSPS) is 11.7. The highest BCUT2D eigenvalue weighted by Gasteiger charge is 2.00. The fourth-order valence-electron chi connectivity index (χ4n) is 5.94. The van der Waals surface area contributed by atoms with E-state index >= 15 is 0 Å². The standard InChI is InChI=1S/C49H100O19/c1-2-3-4-5-6-7-8-9-10-11-12-13-14-15-51-16-17-52-18-19-53-20-21-54-22-23-55-24-25-56-26-27-57-28-29-58-30-31-59-32-33-60-34-35-61-36-37-62-38-39-63-40-41-64-42-43-65-44-45-66-46-47-67-48-49-68-50/h50H,2-49H2,1H3. The minimum atomic E-state index is 0.147. The molecule has 0 aliphatic carbocycles. The SMILES string of the molecule is CCCCCCCCCCCCCCCOCCOCCOCCOCCOCCOCCOCCOCCOCCOCCOCCOCCOCCOCCOCCOCCOCCOO. The fraction of sp³-hybridized carbons (Fsp3) is 1.00. The van der Waals surface area contributed by atoms with Crippen LogP contribution in [0.4, 0.5) is 0 Å². The van der Waals surface area contributed by atoms with Crippen molar-refractivity contribution < 1.29 is 90.7 Å². The van der Waals surface area contributed by atoms with Gasteiger partial charge in [0, 0.05) is 6.61 Å². The van der Waals surface area contributed by atoms with Crippen molar-refractivity contribution in [2.75, 3.05) is 231 Å². The second-order valence-corrected chi connectivity index (χ2v) is 15.5. The third-order valence-corrected chi connectivity index (χ3v) is 9.66. The maximum atomic E-state index is 8.17. The Labute approximate surface area is 411 Å². The molecule has 19 nitrogen and oxygen atoms in total. The molecular weight excluding hydrogens is 893 g/mol. The smallest absolute Gasteiger partial charge is 0.105 e. The molecule has 0 heterocycles. The Hall–Kier alpha value is -0.760. The molecule has 0 aliphatic rings. The summed E-state index contributed by atoms with van der Waals surface area (Å²) < 4.78 is 93.3. The predicted octanol–water partition coefficient (Wildman–Crippen LogP) is 5.85. The number of hydrogen-bond acceptors (Lipinski definition) is 19. The fourth-order valence-corrected chi connectivity index (χ4v) is 5.94. The minimum Gasteiger partial charge on any atom is -0.379 e. The van der Waals surface area contributed by atoms with Crippen molar-refractivity contribution in [2.24, 2.45) is 0 Å². The van der Waals surface area contributed by atoms with E-state index in [2.05, 4.69) is 11.8 Å². The van der Waals surface area contributed by atoms with Gasteiger partial charge in [0.15, 0.2) is 0 Å². The Morgan fingerprint density at radius 3 is 0.456 bits per heavy atom. The first-order valence-corrected chi connectivity index (χ1v) is 26.0. The Morgan fingerprint density at radius 2 is 0.294 bits per heavy atom. The van der Waals surface area contributed by atoms with Crippen molar-refractivity contribution in [3.63, 3.8) is 0 Å². The van der Waals surface area contributed by atoms with Gasteiger partial charge in [0.1, 0.15) is 6.61 Å². The van der Waals surface area contributed by atoms with Crippen LogP contribution in [0.5, 0.6) is 0 Å². The van der Waals surface area contributed by atoms with Gasteiger partial charge in [-0.15, -0.1) is 0 Å². The number of unbranched alkanes of at least 4 members (excludes halogenated alkanes) is 12. The molecular formula is C49H100O19. The molecule has 19 heteroatoms. The van der Waals surface area contributed by atoms with E-state index in [1.54, 1.807) is 0 Å². The maximum absolute atomic E-state index is 8.17. The van der Waals surface area contributed by atoms with Gasteiger partial charge < -0.3 is 80.5 Å². The molecule has 0 unspecified atom stereocenters. The first-order valence-electron chi connectivity index (χ1n) is 26.0. The van der Waals surface area contributed by atoms with Crippen molar-refractivity contribution in [1.29, 1.82) is 0 Å². The van der Waals surface area contributed by atoms with Crippen LogP contribution in [0.1, 0.15) is 90.4 Å². The topological polar surface area (TPSA) is 186 Å². The molecule has 0 saturated carbocycles. The molecule has 0 rings (SSSR count). The zero-order valence-electron chi connectivity index (χ0n) is 42.7. The van der Waals surface area contributed by atoms with Gasteiger partial charge in [0.2, 0.25) is 0 Å². The quantitative estimate of drug-likeness (QED) is 0.0434. The van der Waals surface area contributed by atoms with Gasteiger partial charge in [0.05, 0.1) is 218 Å². The van der Waals surface area contributed by atoms with E-state index in [9.17, 15) is 0 Å². The Morgan fingerprint density at radius 1 is 0.162 bits per heavy atom. The van der Waals surface area contributed by atoms with Crippen molar-refractivity contribution >= 4 is 0 Å². The average Bonchev–Trinajstić information content (AvgIpc) is 3.35. The highest BCUT2D eigenvalue weighted by molar-refractivity contribution is 4.49. The van der Waals surface area contributed by atoms with Crippen molar-refractivity contribution in [2.45, 2.75) is 90.4 Å². The van der Waals surface area contributed by atoms with Crippen LogP contribution in [-0.2, 0) is 85.4 Å². The molecule has 410 valence electrons. The lowest BCUT2D eigenvalue weighted by Gasteiger charge is -2.09. The van der Waals surface area contributed by atoms with Crippen LogP contribution in [0.3, 0.4) is 0 Å². The Balaban J connectivity index is 3.07. The molecule has 0 aromatic carbocycles. The van der Waals surface area contributed by atoms with Gasteiger partial charge in [-0.05, 0) is 6.42 Å². The molecule has 0 amide bonds. The summed E-state index contributed by atoms with van der Waals surface area (Å²) in [6.07, 6.45) is 17.7. The van der Waals surface area contributed by atoms with Crippen LogP contribution in [0.25, 0.3) is 0 Å². The summed E-state index contributed by atoms with van der Waals surface area (Å²) in [7, 11) is 0. The number of hydrogen-bond donors (Lipinski definition) is 1. The summed E-state index contributed by atoms with van der Waals surface area (Å²) in [6, 6.07) is 0. The van der Waals surface area contributed by atoms with Gasteiger partial charge in [0.25, 0.3) is 0 Å². The second-order valence-electron chi connectivity index (χ2n) is 15.5. The van der Waals surface area contributed by atoms with E-state index < -0.39 is 0 Å². The Bertz CT molecular complexity index is 790. The van der Waals surface area contributed by atoms with Crippen molar-refractivity contribution in [3.05, 3.63) is 0 Å². The molecule has 0 bridgehead atoms. The van der Waals surface area contributed by atoms with Gasteiger partial charge in [-0.3, -0.25) is 5.26 Å². The van der Waals surface area contributed by atoms with Gasteiger partial charge in [-0.1, -0.05) is 84.0 Å². The van der Waals surface area contributed by atoms with Crippen molar-refractivity contribution in [3.8, 4) is 0 Å². The van der Waals surface area contributed by atoms with Gasteiger partial charge in [-0.25, -0.2) is 4.89 Å². The molecule has 0 spiro atoms. The summed E-state index contributed by atoms with van der Waals surface area (Å²) in [4.78, 5) is 3.90. The summed E-state index contributed by atoms with van der Waals surface area (Å²) in [5.41, 5.74) is 0. The summed E-state index contributed by atoms with van der Waals surface area (Å²) in [5.74, 6) is 0. The highest BCUT2D eigenvalue weighted by Crippen LogP contribution is 2.12. The third kappa shape index (κ3) is 65.2. The molecule has 0 saturated heterocycles. The third-order valence-electron chi connectivity index (χ3n) is 9.66. The Kier molecular flexibility index (Phi) is 65.5. The van der Waals surface area contributed by atoms with Crippen LogP contribution in [0.15, 0.2) is 0 Å². The summed E-state index contributed by atoms with van der Waals surface area (Å²) in [5, 5.41) is 8.17. The van der Waals surface area contributed by atoms with Gasteiger partial charge >= 0.3 is 0 Å². The molecule has 68 heavy (non-hydrogen) atoms. The molecule has 0 aromatic heterocycles.